The lowest BCUT2D eigenvalue weighted by Crippen LogP contribution is -2.51. The molecule has 1 aromatic carbocycles. The highest BCUT2D eigenvalue weighted by Gasteiger charge is 2.37. The Morgan fingerprint density at radius 1 is 1.45 bits per heavy atom. The molecule has 5 heteroatoms. The number of ether oxygens (including phenoxy) is 1. The summed E-state index contributed by atoms with van der Waals surface area (Å²) >= 11 is 6.10. The normalized spacial score (nSPS) is 23.3. The third-order valence-corrected chi connectivity index (χ3v) is 3.99. The van der Waals surface area contributed by atoms with Gasteiger partial charge in [0.15, 0.2) is 0 Å². The average molecular weight is 297 g/mol. The smallest absolute Gasteiger partial charge is 0.223 e. The highest BCUT2D eigenvalue weighted by molar-refractivity contribution is 6.30. The van der Waals surface area contributed by atoms with Crippen LogP contribution in [-0.2, 0) is 4.79 Å². The second-order valence-electron chi connectivity index (χ2n) is 5.43. The summed E-state index contributed by atoms with van der Waals surface area (Å²) in [6.45, 7) is 4.00. The Balaban J connectivity index is 2.50. The molecule has 0 aliphatic carbocycles. The standard InChI is InChI=1S/C15H21ClN2O2/c1-9(2)18-14(19)7-5-12(17)15(18)11-8-10(16)4-6-13(11)20-3/h4,6,8-9,12,15H,5,7,17H2,1-3H3. The van der Waals surface area contributed by atoms with Gasteiger partial charge in [-0.3, -0.25) is 4.79 Å². The van der Waals surface area contributed by atoms with Gasteiger partial charge in [0, 0.05) is 29.1 Å². The van der Waals surface area contributed by atoms with Crippen LogP contribution in [0.4, 0.5) is 0 Å². The molecule has 20 heavy (non-hydrogen) atoms. The summed E-state index contributed by atoms with van der Waals surface area (Å²) in [6, 6.07) is 5.23. The van der Waals surface area contributed by atoms with Crippen molar-refractivity contribution in [2.24, 2.45) is 5.73 Å². The van der Waals surface area contributed by atoms with Crippen LogP contribution in [0, 0.1) is 0 Å². The van der Waals surface area contributed by atoms with Crippen molar-refractivity contribution in [2.75, 3.05) is 7.11 Å². The molecule has 0 saturated carbocycles. The minimum absolute atomic E-state index is 0.0857. The first kappa shape index (κ1) is 15.1. The van der Waals surface area contributed by atoms with Crippen molar-refractivity contribution in [3.8, 4) is 5.75 Å². The van der Waals surface area contributed by atoms with E-state index in [9.17, 15) is 4.79 Å². The number of benzene rings is 1. The molecular weight excluding hydrogens is 276 g/mol. The van der Waals surface area contributed by atoms with E-state index in [0.717, 1.165) is 11.3 Å². The van der Waals surface area contributed by atoms with E-state index in [1.54, 1.807) is 13.2 Å². The van der Waals surface area contributed by atoms with Gasteiger partial charge in [0.1, 0.15) is 5.75 Å². The topological polar surface area (TPSA) is 55.6 Å². The van der Waals surface area contributed by atoms with Crippen molar-refractivity contribution in [1.82, 2.24) is 4.90 Å². The number of halogens is 1. The maximum atomic E-state index is 12.2. The lowest BCUT2D eigenvalue weighted by Gasteiger charge is -2.42. The monoisotopic (exact) mass is 296 g/mol. The fraction of sp³-hybridized carbons (Fsp3) is 0.533. The number of rotatable bonds is 3. The molecule has 2 unspecified atom stereocenters. The highest BCUT2D eigenvalue weighted by atomic mass is 35.5. The second kappa shape index (κ2) is 6.02. The van der Waals surface area contributed by atoms with Gasteiger partial charge >= 0.3 is 0 Å². The maximum absolute atomic E-state index is 12.2. The zero-order chi connectivity index (χ0) is 14.9. The molecule has 1 aliphatic heterocycles. The quantitative estimate of drug-likeness (QED) is 0.933. The summed E-state index contributed by atoms with van der Waals surface area (Å²) < 4.78 is 5.41. The molecule has 1 fully saturated rings. The van der Waals surface area contributed by atoms with Crippen LogP contribution in [0.25, 0.3) is 0 Å². The summed E-state index contributed by atoms with van der Waals surface area (Å²) in [7, 11) is 1.61. The summed E-state index contributed by atoms with van der Waals surface area (Å²) in [4.78, 5) is 14.1. The number of amides is 1. The molecule has 1 aromatic rings. The molecular formula is C15H21ClN2O2. The van der Waals surface area contributed by atoms with E-state index < -0.39 is 0 Å². The molecule has 1 saturated heterocycles. The fourth-order valence-corrected chi connectivity index (χ4v) is 3.05. The van der Waals surface area contributed by atoms with Crippen molar-refractivity contribution in [3.63, 3.8) is 0 Å². The Labute approximate surface area is 124 Å². The number of nitrogens with two attached hydrogens (primary N) is 1. The number of piperidine rings is 1. The predicted molar refractivity (Wildman–Crippen MR) is 79.9 cm³/mol. The number of methoxy groups -OCH3 is 1. The lowest BCUT2D eigenvalue weighted by atomic mass is 9.89. The van der Waals surface area contributed by atoms with E-state index in [1.165, 1.54) is 0 Å². The van der Waals surface area contributed by atoms with Crippen molar-refractivity contribution >= 4 is 17.5 Å². The zero-order valence-electron chi connectivity index (χ0n) is 12.1. The molecule has 0 radical (unpaired) electrons. The zero-order valence-corrected chi connectivity index (χ0v) is 12.9. The van der Waals surface area contributed by atoms with Gasteiger partial charge in [0.25, 0.3) is 0 Å². The van der Waals surface area contributed by atoms with Crippen molar-refractivity contribution in [1.29, 1.82) is 0 Å². The van der Waals surface area contributed by atoms with E-state index in [2.05, 4.69) is 0 Å². The minimum Gasteiger partial charge on any atom is -0.496 e. The Morgan fingerprint density at radius 3 is 2.75 bits per heavy atom. The number of carbonyl (C=O) groups is 1. The average Bonchev–Trinajstić information content (AvgIpc) is 2.40. The number of nitrogens with zero attached hydrogens (tertiary/aromatic N) is 1. The van der Waals surface area contributed by atoms with E-state index in [-0.39, 0.29) is 24.0 Å². The van der Waals surface area contributed by atoms with Crippen LogP contribution in [-0.4, -0.2) is 30.0 Å². The van der Waals surface area contributed by atoms with Crippen molar-refractivity contribution in [2.45, 2.75) is 44.8 Å². The first-order valence-corrected chi connectivity index (χ1v) is 7.23. The third kappa shape index (κ3) is 2.76. The molecule has 2 atom stereocenters. The number of carbonyl (C=O) groups excluding carboxylic acids is 1. The molecule has 0 aromatic heterocycles. The molecule has 1 amide bonds. The van der Waals surface area contributed by atoms with Gasteiger partial charge in [-0.15, -0.1) is 0 Å². The molecule has 0 spiro atoms. The summed E-state index contributed by atoms with van der Waals surface area (Å²) in [6.07, 6.45) is 1.18. The SMILES string of the molecule is COc1ccc(Cl)cc1C1C(N)CCC(=O)N1C(C)C. The first-order chi connectivity index (χ1) is 9.45. The van der Waals surface area contributed by atoms with E-state index >= 15 is 0 Å². The Morgan fingerprint density at radius 2 is 2.15 bits per heavy atom. The fourth-order valence-electron chi connectivity index (χ4n) is 2.86. The molecule has 1 heterocycles. The van der Waals surface area contributed by atoms with Crippen LogP contribution in [0.5, 0.6) is 5.75 Å². The molecule has 2 rings (SSSR count). The first-order valence-electron chi connectivity index (χ1n) is 6.86. The molecule has 2 N–H and O–H groups in total. The van der Waals surface area contributed by atoms with Gasteiger partial charge in [-0.05, 0) is 38.5 Å². The van der Waals surface area contributed by atoms with Crippen LogP contribution in [0.1, 0.15) is 38.3 Å². The Bertz CT molecular complexity index is 505. The van der Waals surface area contributed by atoms with E-state index in [4.69, 9.17) is 22.1 Å². The van der Waals surface area contributed by atoms with E-state index in [0.29, 0.717) is 17.9 Å². The van der Waals surface area contributed by atoms with Gasteiger partial charge in [-0.2, -0.15) is 0 Å². The van der Waals surface area contributed by atoms with Crippen LogP contribution in [0.3, 0.4) is 0 Å². The van der Waals surface area contributed by atoms with Crippen molar-refractivity contribution in [3.05, 3.63) is 28.8 Å². The number of hydrogen-bond donors (Lipinski definition) is 1. The van der Waals surface area contributed by atoms with Crippen LogP contribution in [0.2, 0.25) is 5.02 Å². The summed E-state index contributed by atoms with van der Waals surface area (Å²) in [5.41, 5.74) is 7.17. The molecule has 1 aliphatic rings. The number of likely N-dealkylation sites (tertiary alicyclic amines) is 1. The van der Waals surface area contributed by atoms with E-state index in [1.807, 2.05) is 30.9 Å². The minimum atomic E-state index is -0.190. The molecule has 0 bridgehead atoms. The Kier molecular flexibility index (Phi) is 4.55. The maximum Gasteiger partial charge on any atom is 0.223 e. The molecule has 110 valence electrons. The van der Waals surface area contributed by atoms with Crippen LogP contribution < -0.4 is 10.5 Å². The molecule has 4 nitrogen and oxygen atoms in total. The van der Waals surface area contributed by atoms with Gasteiger partial charge in [0.05, 0.1) is 13.2 Å². The summed E-state index contributed by atoms with van der Waals surface area (Å²) in [5, 5.41) is 0.620. The van der Waals surface area contributed by atoms with Crippen LogP contribution in [0.15, 0.2) is 18.2 Å². The van der Waals surface area contributed by atoms with Gasteiger partial charge in [-0.1, -0.05) is 11.6 Å². The van der Waals surface area contributed by atoms with Crippen LogP contribution >= 0.6 is 11.6 Å². The lowest BCUT2D eigenvalue weighted by molar-refractivity contribution is -0.139. The largest absolute Gasteiger partial charge is 0.496 e. The van der Waals surface area contributed by atoms with Crippen molar-refractivity contribution < 1.29 is 9.53 Å². The van der Waals surface area contributed by atoms with Gasteiger partial charge in [0.2, 0.25) is 5.91 Å². The summed E-state index contributed by atoms with van der Waals surface area (Å²) in [5.74, 6) is 0.851. The third-order valence-electron chi connectivity index (χ3n) is 3.75. The number of hydrogen-bond acceptors (Lipinski definition) is 3. The predicted octanol–water partition coefficient (Wildman–Crippen LogP) is 2.75. The van der Waals surface area contributed by atoms with Gasteiger partial charge in [-0.25, -0.2) is 0 Å². The second-order valence-corrected chi connectivity index (χ2v) is 5.86. The highest BCUT2D eigenvalue weighted by Crippen LogP contribution is 2.38. The Hall–Kier alpha value is -1.26. The van der Waals surface area contributed by atoms with Gasteiger partial charge < -0.3 is 15.4 Å².